The molecule has 0 rings (SSSR count). The summed E-state index contributed by atoms with van der Waals surface area (Å²) in [6.45, 7) is 6.12. The number of phosphoric acid groups is 1. The van der Waals surface area contributed by atoms with Gasteiger partial charge in [0.15, 0.2) is 0 Å². The van der Waals surface area contributed by atoms with Crippen LogP contribution in [0.3, 0.4) is 0 Å². The predicted octanol–water partition coefficient (Wildman–Crippen LogP) is 2.52. The molecule has 0 aliphatic rings. The average molecular weight is 331 g/mol. The topological polar surface area (TPSA) is 77.8 Å². The molecule has 0 bridgehead atoms. The Kier molecular flexibility index (Phi) is 36.0. The fourth-order valence-corrected chi connectivity index (χ4v) is 1.49. The van der Waals surface area contributed by atoms with Gasteiger partial charge in [-0.2, -0.15) is 0 Å². The van der Waals surface area contributed by atoms with Gasteiger partial charge in [-0.15, -0.1) is 0 Å². The third kappa shape index (κ3) is 52.8. The van der Waals surface area contributed by atoms with E-state index in [0.717, 1.165) is 6.42 Å². The zero-order valence-electron chi connectivity index (χ0n) is 11.0. The van der Waals surface area contributed by atoms with Crippen molar-refractivity contribution in [2.75, 3.05) is 0 Å². The Balaban J connectivity index is -0.000000139. The van der Waals surface area contributed by atoms with Crippen molar-refractivity contribution in [3.63, 3.8) is 0 Å². The molecule has 0 spiro atoms. The molecule has 0 atom stereocenters. The quantitative estimate of drug-likeness (QED) is 0.345. The van der Waals surface area contributed by atoms with Crippen LogP contribution in [0.1, 0.15) is 71.1 Å². The van der Waals surface area contributed by atoms with Crippen LogP contribution in [0.2, 0.25) is 0 Å². The number of unbranched alkanes of at least 4 members (excludes halogenated alkanes) is 9. The van der Waals surface area contributed by atoms with E-state index >= 15 is 0 Å². The molecular weight excluding hydrogens is 301 g/mol. The summed E-state index contributed by atoms with van der Waals surface area (Å²) >= 11 is 0. The van der Waals surface area contributed by atoms with E-state index in [1.54, 1.807) is 0 Å². The van der Waals surface area contributed by atoms with Crippen molar-refractivity contribution in [3.05, 3.63) is 6.92 Å². The molecule has 0 heterocycles. The maximum atomic E-state index is 8.88. The molecule has 0 aromatic heterocycles. The van der Waals surface area contributed by atoms with Crippen molar-refractivity contribution in [1.82, 2.24) is 0 Å². The van der Waals surface area contributed by atoms with E-state index in [4.69, 9.17) is 19.2 Å². The summed E-state index contributed by atoms with van der Waals surface area (Å²) in [6.07, 6.45) is 13.9. The molecule has 7 heteroatoms. The Morgan fingerprint density at radius 1 is 0.842 bits per heavy atom. The first-order chi connectivity index (χ1) is 7.91. The first-order valence-corrected chi connectivity index (χ1v) is 8.05. The molecule has 0 amide bonds. The van der Waals surface area contributed by atoms with Crippen molar-refractivity contribution >= 4 is 88.8 Å². The van der Waals surface area contributed by atoms with Crippen LogP contribution in [0, 0.1) is 6.92 Å². The molecule has 19 heavy (non-hydrogen) atoms. The normalized spacial score (nSPS) is 9.74. The van der Waals surface area contributed by atoms with E-state index in [2.05, 4.69) is 13.8 Å². The van der Waals surface area contributed by atoms with E-state index < -0.39 is 7.82 Å². The van der Waals surface area contributed by atoms with Gasteiger partial charge in [-0.3, -0.25) is 0 Å². The Morgan fingerprint density at radius 2 is 1.11 bits per heavy atom. The summed E-state index contributed by atoms with van der Waals surface area (Å²) < 4.78 is 8.88. The Hall–Kier alpha value is 2.75. The van der Waals surface area contributed by atoms with Crippen LogP contribution in [0.25, 0.3) is 0 Å². The second-order valence-corrected chi connectivity index (χ2v) is 5.22. The van der Waals surface area contributed by atoms with Gasteiger partial charge in [0.05, 0.1) is 0 Å². The van der Waals surface area contributed by atoms with Crippen LogP contribution >= 0.6 is 7.82 Å². The third-order valence-corrected chi connectivity index (χ3v) is 2.35. The minimum atomic E-state index is -4.64. The van der Waals surface area contributed by atoms with Crippen LogP contribution in [0.4, 0.5) is 0 Å². The monoisotopic (exact) mass is 331 g/mol. The average Bonchev–Trinajstić information content (AvgIpc) is 2.20. The summed E-state index contributed by atoms with van der Waals surface area (Å²) in [4.78, 5) is 21.6. The second-order valence-electron chi connectivity index (χ2n) is 4.20. The van der Waals surface area contributed by atoms with E-state index in [1.165, 1.54) is 57.8 Å². The van der Waals surface area contributed by atoms with Crippen LogP contribution in [0.15, 0.2) is 0 Å². The number of hydrogen-bond acceptors (Lipinski definition) is 1. The molecule has 3 N–H and O–H groups in total. The Bertz CT molecular complexity index is 172. The molecule has 0 saturated heterocycles. The third-order valence-electron chi connectivity index (χ3n) is 2.35. The van der Waals surface area contributed by atoms with Crippen LogP contribution < -0.4 is 0 Å². The SMILES string of the molecule is O=P(O)(O)O.[CH2]CCCCCCCCCCC.[KH].[NaH]. The molecular formula is C12H30KNaO4P. The van der Waals surface area contributed by atoms with Crippen molar-refractivity contribution in [2.24, 2.45) is 0 Å². The Morgan fingerprint density at radius 3 is 1.37 bits per heavy atom. The summed E-state index contributed by atoms with van der Waals surface area (Å²) in [5, 5.41) is 0. The van der Waals surface area contributed by atoms with Crippen molar-refractivity contribution in [1.29, 1.82) is 0 Å². The molecule has 0 aromatic rings. The van der Waals surface area contributed by atoms with Crippen LogP contribution in [-0.2, 0) is 4.57 Å². The van der Waals surface area contributed by atoms with E-state index in [0.29, 0.717) is 0 Å². The standard InChI is InChI=1S/C12H25.K.Na.H3O4P.2H/c1-3-5-7-9-11-12-10-8-6-4-2;;;1-5(2,3)4;;/h1,3-12H2,2H3;;;(H3,1,2,3,4);;. The molecule has 0 fully saturated rings. The minimum absolute atomic E-state index is 0. The van der Waals surface area contributed by atoms with Crippen LogP contribution in [-0.4, -0.2) is 95.6 Å². The number of rotatable bonds is 9. The fourth-order valence-electron chi connectivity index (χ4n) is 1.49. The first-order valence-electron chi connectivity index (χ1n) is 6.49. The summed E-state index contributed by atoms with van der Waals surface area (Å²) in [7, 11) is -4.64. The predicted molar refractivity (Wildman–Crippen MR) is 85.8 cm³/mol. The van der Waals surface area contributed by atoms with E-state index in [1.807, 2.05) is 0 Å². The molecule has 0 aliphatic heterocycles. The van der Waals surface area contributed by atoms with Gasteiger partial charge in [0, 0.05) is 0 Å². The second kappa shape index (κ2) is 23.0. The van der Waals surface area contributed by atoms with Crippen molar-refractivity contribution in [2.45, 2.75) is 71.1 Å². The van der Waals surface area contributed by atoms with Crippen molar-refractivity contribution in [3.8, 4) is 0 Å². The first kappa shape index (κ1) is 29.7. The van der Waals surface area contributed by atoms with Crippen LogP contribution in [0.5, 0.6) is 0 Å². The fraction of sp³-hybridized carbons (Fsp3) is 0.917. The zero-order valence-corrected chi connectivity index (χ0v) is 11.9. The molecule has 1 radical (unpaired) electrons. The van der Waals surface area contributed by atoms with Gasteiger partial charge in [-0.25, -0.2) is 4.57 Å². The van der Waals surface area contributed by atoms with E-state index in [-0.39, 0.29) is 80.9 Å². The summed E-state index contributed by atoms with van der Waals surface area (Å²) in [6, 6.07) is 0. The van der Waals surface area contributed by atoms with Gasteiger partial charge in [0.25, 0.3) is 0 Å². The van der Waals surface area contributed by atoms with Gasteiger partial charge in [-0.05, 0) is 0 Å². The van der Waals surface area contributed by atoms with E-state index in [9.17, 15) is 0 Å². The van der Waals surface area contributed by atoms with Gasteiger partial charge < -0.3 is 14.7 Å². The molecule has 0 saturated carbocycles. The molecule has 0 unspecified atom stereocenters. The summed E-state index contributed by atoms with van der Waals surface area (Å²) in [5.41, 5.74) is 0. The summed E-state index contributed by atoms with van der Waals surface area (Å²) in [5.74, 6) is 0. The van der Waals surface area contributed by atoms with Gasteiger partial charge in [0.2, 0.25) is 0 Å². The van der Waals surface area contributed by atoms with Crippen molar-refractivity contribution < 1.29 is 19.2 Å². The van der Waals surface area contributed by atoms with Gasteiger partial charge >= 0.3 is 88.8 Å². The van der Waals surface area contributed by atoms with Gasteiger partial charge in [0.1, 0.15) is 0 Å². The number of hydrogen-bond donors (Lipinski definition) is 3. The maximum absolute atomic E-state index is 8.88. The molecule has 4 nitrogen and oxygen atoms in total. The molecule has 0 aromatic carbocycles. The zero-order chi connectivity index (χ0) is 13.6. The Labute approximate surface area is 183 Å². The molecule has 109 valence electrons. The molecule has 0 aliphatic carbocycles. The van der Waals surface area contributed by atoms with Gasteiger partial charge in [-0.1, -0.05) is 78.1 Å².